The summed E-state index contributed by atoms with van der Waals surface area (Å²) >= 11 is 1.18. The SMILES string of the molecule is CCOc1ccc(-n2c(C)cc(/C=C(\C#N)C(=O)OCC(=O)NC(=O)c3cccs3)c2C)cc1. The molecular formula is C25H23N3O5S. The van der Waals surface area contributed by atoms with E-state index in [1.165, 1.54) is 17.4 Å². The number of amides is 2. The second kappa shape index (κ2) is 11.1. The molecule has 0 spiro atoms. The minimum Gasteiger partial charge on any atom is -0.494 e. The molecule has 174 valence electrons. The van der Waals surface area contributed by atoms with Crippen molar-refractivity contribution in [1.82, 2.24) is 9.88 Å². The molecule has 0 unspecified atom stereocenters. The molecule has 0 fully saturated rings. The highest BCUT2D eigenvalue weighted by Crippen LogP contribution is 2.24. The zero-order chi connectivity index (χ0) is 24.7. The average Bonchev–Trinajstić information content (AvgIpc) is 3.45. The summed E-state index contributed by atoms with van der Waals surface area (Å²) in [4.78, 5) is 36.6. The molecule has 2 amide bonds. The van der Waals surface area contributed by atoms with E-state index in [0.717, 1.165) is 22.8 Å². The molecule has 9 heteroatoms. The van der Waals surface area contributed by atoms with Crippen molar-refractivity contribution in [1.29, 1.82) is 5.26 Å². The van der Waals surface area contributed by atoms with E-state index in [9.17, 15) is 19.6 Å². The van der Waals surface area contributed by atoms with E-state index >= 15 is 0 Å². The minimum absolute atomic E-state index is 0.260. The monoisotopic (exact) mass is 477 g/mol. The Morgan fingerprint density at radius 1 is 1.18 bits per heavy atom. The van der Waals surface area contributed by atoms with Crippen LogP contribution in [-0.4, -0.2) is 35.6 Å². The number of nitrogens with one attached hydrogen (secondary N) is 1. The fourth-order valence-corrected chi connectivity index (χ4v) is 3.94. The second-order valence-corrected chi connectivity index (χ2v) is 8.14. The predicted molar refractivity (Wildman–Crippen MR) is 128 cm³/mol. The highest BCUT2D eigenvalue weighted by atomic mass is 32.1. The molecule has 3 rings (SSSR count). The topological polar surface area (TPSA) is 110 Å². The number of ether oxygens (including phenoxy) is 2. The van der Waals surface area contributed by atoms with E-state index < -0.39 is 24.4 Å². The molecule has 3 aromatic rings. The van der Waals surface area contributed by atoms with Crippen LogP contribution in [0.3, 0.4) is 0 Å². The molecule has 2 heterocycles. The largest absolute Gasteiger partial charge is 0.494 e. The minimum atomic E-state index is -0.952. The van der Waals surface area contributed by atoms with Crippen molar-refractivity contribution < 1.29 is 23.9 Å². The third-order valence-electron chi connectivity index (χ3n) is 4.85. The van der Waals surface area contributed by atoms with Crippen molar-refractivity contribution in [3.05, 3.63) is 75.2 Å². The third kappa shape index (κ3) is 5.79. The molecule has 0 aliphatic carbocycles. The van der Waals surface area contributed by atoms with Gasteiger partial charge in [0, 0.05) is 17.1 Å². The Kier molecular flexibility index (Phi) is 8.01. The van der Waals surface area contributed by atoms with Gasteiger partial charge in [0.05, 0.1) is 11.5 Å². The lowest BCUT2D eigenvalue weighted by Crippen LogP contribution is -2.33. The lowest BCUT2D eigenvalue weighted by molar-refractivity contribution is -0.144. The predicted octanol–water partition coefficient (Wildman–Crippen LogP) is 3.96. The first kappa shape index (κ1) is 24.5. The van der Waals surface area contributed by atoms with Gasteiger partial charge in [0.1, 0.15) is 17.4 Å². The number of hydrogen-bond donors (Lipinski definition) is 1. The number of hydrogen-bond acceptors (Lipinski definition) is 7. The fourth-order valence-electron chi connectivity index (χ4n) is 3.32. The molecular weight excluding hydrogens is 454 g/mol. The molecule has 1 aromatic carbocycles. The van der Waals surface area contributed by atoms with Gasteiger partial charge >= 0.3 is 5.97 Å². The van der Waals surface area contributed by atoms with Crippen LogP contribution in [0.5, 0.6) is 5.75 Å². The highest BCUT2D eigenvalue weighted by Gasteiger charge is 2.17. The van der Waals surface area contributed by atoms with Crippen molar-refractivity contribution in [3.63, 3.8) is 0 Å². The van der Waals surface area contributed by atoms with Crippen molar-refractivity contribution in [2.75, 3.05) is 13.2 Å². The van der Waals surface area contributed by atoms with Crippen molar-refractivity contribution in [2.45, 2.75) is 20.8 Å². The summed E-state index contributed by atoms with van der Waals surface area (Å²) in [5.74, 6) is -1.54. The number of thiophene rings is 1. The first-order valence-electron chi connectivity index (χ1n) is 10.4. The summed E-state index contributed by atoms with van der Waals surface area (Å²) in [6.45, 7) is 5.61. The molecule has 0 atom stereocenters. The van der Waals surface area contributed by atoms with Gasteiger partial charge in [0.25, 0.3) is 11.8 Å². The van der Waals surface area contributed by atoms with Crippen LogP contribution in [0.4, 0.5) is 0 Å². The van der Waals surface area contributed by atoms with E-state index in [-0.39, 0.29) is 5.57 Å². The Morgan fingerprint density at radius 3 is 2.53 bits per heavy atom. The molecule has 0 bridgehead atoms. The van der Waals surface area contributed by atoms with Crippen LogP contribution >= 0.6 is 11.3 Å². The van der Waals surface area contributed by atoms with Gasteiger partial charge < -0.3 is 14.0 Å². The summed E-state index contributed by atoms with van der Waals surface area (Å²) in [5, 5.41) is 13.3. The van der Waals surface area contributed by atoms with Crippen LogP contribution < -0.4 is 10.1 Å². The molecule has 0 aliphatic heterocycles. The van der Waals surface area contributed by atoms with Crippen LogP contribution in [0.25, 0.3) is 11.8 Å². The Labute approximate surface area is 201 Å². The van der Waals surface area contributed by atoms with Gasteiger partial charge in [-0.05, 0) is 74.2 Å². The van der Waals surface area contributed by atoms with Gasteiger partial charge in [-0.3, -0.25) is 14.9 Å². The normalized spacial score (nSPS) is 10.9. The maximum Gasteiger partial charge on any atom is 0.349 e. The number of aryl methyl sites for hydroxylation is 1. The van der Waals surface area contributed by atoms with Crippen molar-refractivity contribution in [2.24, 2.45) is 0 Å². The van der Waals surface area contributed by atoms with Crippen LogP contribution in [0.1, 0.15) is 33.5 Å². The van der Waals surface area contributed by atoms with Gasteiger partial charge in [0.15, 0.2) is 6.61 Å². The number of aromatic nitrogens is 1. The Bertz CT molecular complexity index is 1270. The molecule has 0 aliphatic rings. The van der Waals surface area contributed by atoms with Gasteiger partial charge in [-0.1, -0.05) is 6.07 Å². The lowest BCUT2D eigenvalue weighted by atomic mass is 10.1. The Balaban J connectivity index is 1.70. The van der Waals surface area contributed by atoms with Crippen molar-refractivity contribution in [3.8, 4) is 17.5 Å². The van der Waals surface area contributed by atoms with Crippen LogP contribution in [-0.2, 0) is 14.3 Å². The van der Waals surface area contributed by atoms with E-state index in [1.54, 1.807) is 17.5 Å². The average molecular weight is 478 g/mol. The summed E-state index contributed by atoms with van der Waals surface area (Å²) in [7, 11) is 0. The van der Waals surface area contributed by atoms with E-state index in [4.69, 9.17) is 9.47 Å². The molecule has 2 aromatic heterocycles. The van der Waals surface area contributed by atoms with Gasteiger partial charge in [-0.2, -0.15) is 5.26 Å². The number of benzene rings is 1. The van der Waals surface area contributed by atoms with E-state index in [1.807, 2.05) is 61.7 Å². The lowest BCUT2D eigenvalue weighted by Gasteiger charge is -2.11. The van der Waals surface area contributed by atoms with Crippen LogP contribution in [0.2, 0.25) is 0 Å². The Morgan fingerprint density at radius 2 is 1.91 bits per heavy atom. The molecule has 34 heavy (non-hydrogen) atoms. The number of nitriles is 1. The summed E-state index contributed by atoms with van der Waals surface area (Å²) in [6.07, 6.45) is 1.42. The van der Waals surface area contributed by atoms with Gasteiger partial charge in [-0.15, -0.1) is 11.3 Å². The Hall–Kier alpha value is -4.16. The first-order chi connectivity index (χ1) is 16.3. The van der Waals surface area contributed by atoms with Gasteiger partial charge in [0.2, 0.25) is 0 Å². The fraction of sp³-hybridized carbons (Fsp3) is 0.200. The zero-order valence-corrected chi connectivity index (χ0v) is 19.8. The molecule has 8 nitrogen and oxygen atoms in total. The number of esters is 1. The summed E-state index contributed by atoms with van der Waals surface area (Å²) in [6, 6.07) is 14.5. The van der Waals surface area contributed by atoms with Gasteiger partial charge in [-0.25, -0.2) is 4.79 Å². The zero-order valence-electron chi connectivity index (χ0n) is 19.0. The number of nitrogens with zero attached hydrogens (tertiary/aromatic N) is 2. The van der Waals surface area contributed by atoms with E-state index in [0.29, 0.717) is 17.0 Å². The molecule has 0 saturated heterocycles. The summed E-state index contributed by atoms with van der Waals surface area (Å²) in [5.41, 5.74) is 3.04. The maximum atomic E-state index is 12.4. The number of carbonyl (C=O) groups is 3. The molecule has 1 N–H and O–H groups in total. The summed E-state index contributed by atoms with van der Waals surface area (Å²) < 4.78 is 12.4. The molecule has 0 radical (unpaired) electrons. The van der Waals surface area contributed by atoms with Crippen molar-refractivity contribution >= 4 is 35.2 Å². The number of imide groups is 1. The quantitative estimate of drug-likeness (QED) is 0.299. The second-order valence-electron chi connectivity index (χ2n) is 7.19. The highest BCUT2D eigenvalue weighted by molar-refractivity contribution is 7.12. The maximum absolute atomic E-state index is 12.4. The third-order valence-corrected chi connectivity index (χ3v) is 5.72. The first-order valence-corrected chi connectivity index (χ1v) is 11.3. The molecule has 0 saturated carbocycles. The van der Waals surface area contributed by atoms with E-state index in [2.05, 4.69) is 5.32 Å². The number of carbonyl (C=O) groups excluding carboxylic acids is 3. The smallest absolute Gasteiger partial charge is 0.349 e. The number of rotatable bonds is 8. The van der Waals surface area contributed by atoms with Crippen LogP contribution in [0, 0.1) is 25.2 Å². The standard InChI is InChI=1S/C25H23N3O5S/c1-4-32-21-9-7-20(8-10-21)28-16(2)12-18(17(28)3)13-19(14-26)25(31)33-15-23(29)27-24(30)22-6-5-11-34-22/h5-13H,4,15H2,1-3H3,(H,27,29,30)/b19-13+. The van der Waals surface area contributed by atoms with Crippen LogP contribution in [0.15, 0.2) is 53.4 Å².